The molecule has 1 spiro atoms. The lowest BCUT2D eigenvalue weighted by molar-refractivity contribution is -0.192. The molecule has 0 aromatic heterocycles. The summed E-state index contributed by atoms with van der Waals surface area (Å²) < 4.78 is 11.0. The third kappa shape index (κ3) is 1.60. The number of rotatable bonds is 2. The summed E-state index contributed by atoms with van der Waals surface area (Å²) in [5.41, 5.74) is 0. The highest BCUT2D eigenvalue weighted by molar-refractivity contribution is 5.69. The zero-order valence-corrected chi connectivity index (χ0v) is 7.98. The Morgan fingerprint density at radius 1 is 0.929 bits per heavy atom. The highest BCUT2D eigenvalue weighted by Gasteiger charge is 2.47. The van der Waals surface area contributed by atoms with Crippen LogP contribution in [0.25, 0.3) is 0 Å². The number of ether oxygens (including phenoxy) is 2. The van der Waals surface area contributed by atoms with Gasteiger partial charge in [0.25, 0.3) is 0 Å². The second kappa shape index (κ2) is 3.79. The molecule has 2 fully saturated rings. The first-order valence-corrected chi connectivity index (χ1v) is 5.06. The Kier molecular flexibility index (Phi) is 2.65. The molecule has 1 heterocycles. The smallest absolute Gasteiger partial charge is 0.170 e. The van der Waals surface area contributed by atoms with Crippen LogP contribution < -0.4 is 0 Å². The predicted molar refractivity (Wildman–Crippen MR) is 47.7 cm³/mol. The zero-order chi connectivity index (χ0) is 10.0. The molecule has 78 valence electrons. The van der Waals surface area contributed by atoms with E-state index in [1.807, 2.05) is 0 Å². The molecular weight excluding hydrogens is 184 g/mol. The molecule has 1 saturated heterocycles. The number of aldehydes is 2. The van der Waals surface area contributed by atoms with Crippen LogP contribution in [0.2, 0.25) is 0 Å². The van der Waals surface area contributed by atoms with E-state index in [9.17, 15) is 9.59 Å². The van der Waals surface area contributed by atoms with Crippen LogP contribution in [0.15, 0.2) is 0 Å². The van der Waals surface area contributed by atoms with Crippen molar-refractivity contribution in [1.29, 1.82) is 0 Å². The van der Waals surface area contributed by atoms with Gasteiger partial charge in [-0.1, -0.05) is 6.42 Å². The Hall–Kier alpha value is -0.740. The van der Waals surface area contributed by atoms with Crippen molar-refractivity contribution in [3.8, 4) is 0 Å². The minimum atomic E-state index is -0.703. The quantitative estimate of drug-likeness (QED) is 0.617. The molecule has 2 unspecified atom stereocenters. The molecule has 14 heavy (non-hydrogen) atoms. The van der Waals surface area contributed by atoms with Gasteiger partial charge in [-0.15, -0.1) is 0 Å². The maximum Gasteiger partial charge on any atom is 0.170 e. The molecule has 1 aliphatic heterocycles. The fourth-order valence-corrected chi connectivity index (χ4v) is 2.19. The summed E-state index contributed by atoms with van der Waals surface area (Å²) in [6.07, 6.45) is 4.74. The molecule has 4 heteroatoms. The first-order chi connectivity index (χ1) is 6.79. The first-order valence-electron chi connectivity index (χ1n) is 5.06. The maximum atomic E-state index is 10.6. The van der Waals surface area contributed by atoms with Gasteiger partial charge in [0.2, 0.25) is 0 Å². The molecule has 4 nitrogen and oxygen atoms in total. The van der Waals surface area contributed by atoms with E-state index in [4.69, 9.17) is 9.47 Å². The van der Waals surface area contributed by atoms with Crippen molar-refractivity contribution in [2.45, 2.75) is 50.1 Å². The van der Waals surface area contributed by atoms with Crippen molar-refractivity contribution in [3.05, 3.63) is 0 Å². The number of hydrogen-bond donors (Lipinski definition) is 0. The van der Waals surface area contributed by atoms with Crippen molar-refractivity contribution in [2.75, 3.05) is 0 Å². The van der Waals surface area contributed by atoms with E-state index in [2.05, 4.69) is 0 Å². The second-order valence-corrected chi connectivity index (χ2v) is 3.91. The largest absolute Gasteiger partial charge is 0.336 e. The molecule has 2 atom stereocenters. The third-order valence-corrected chi connectivity index (χ3v) is 2.91. The molecule has 0 aromatic carbocycles. The fraction of sp³-hybridized carbons (Fsp3) is 0.800. The number of hydrogen-bond acceptors (Lipinski definition) is 4. The summed E-state index contributed by atoms with van der Waals surface area (Å²) in [5, 5.41) is 0. The average Bonchev–Trinajstić information content (AvgIpc) is 2.57. The van der Waals surface area contributed by atoms with Gasteiger partial charge in [-0.25, -0.2) is 0 Å². The topological polar surface area (TPSA) is 52.6 Å². The number of carbonyl (C=O) groups excluding carboxylic acids is 2. The Morgan fingerprint density at radius 3 is 1.86 bits per heavy atom. The van der Waals surface area contributed by atoms with Gasteiger partial charge >= 0.3 is 0 Å². The molecular formula is C10H14O4. The van der Waals surface area contributed by atoms with Gasteiger partial charge in [0.15, 0.2) is 18.4 Å². The minimum absolute atomic E-state index is 0.643. The van der Waals surface area contributed by atoms with Gasteiger partial charge in [-0.2, -0.15) is 0 Å². The Morgan fingerprint density at radius 2 is 1.43 bits per heavy atom. The third-order valence-electron chi connectivity index (χ3n) is 2.91. The van der Waals surface area contributed by atoms with E-state index in [0.29, 0.717) is 12.6 Å². The van der Waals surface area contributed by atoms with Crippen LogP contribution in [0.1, 0.15) is 32.1 Å². The molecule has 0 radical (unpaired) electrons. The molecule has 2 rings (SSSR count). The summed E-state index contributed by atoms with van der Waals surface area (Å²) >= 11 is 0. The van der Waals surface area contributed by atoms with E-state index in [0.717, 1.165) is 25.7 Å². The summed E-state index contributed by atoms with van der Waals surface area (Å²) in [4.78, 5) is 21.3. The van der Waals surface area contributed by atoms with Gasteiger partial charge in [0, 0.05) is 12.8 Å². The summed E-state index contributed by atoms with van der Waals surface area (Å²) in [6, 6.07) is 0. The zero-order valence-electron chi connectivity index (χ0n) is 7.98. The first kappa shape index (κ1) is 9.80. The Bertz CT molecular complexity index is 214. The molecule has 0 amide bonds. The normalized spacial score (nSPS) is 35.7. The van der Waals surface area contributed by atoms with Gasteiger partial charge in [-0.3, -0.25) is 0 Å². The van der Waals surface area contributed by atoms with Gasteiger partial charge in [-0.05, 0) is 12.8 Å². The van der Waals surface area contributed by atoms with Gasteiger partial charge < -0.3 is 19.1 Å². The predicted octanol–water partition coefficient (Wildman–Crippen LogP) is 0.829. The van der Waals surface area contributed by atoms with Crippen LogP contribution >= 0.6 is 0 Å². The Labute approximate surface area is 82.6 Å². The highest BCUT2D eigenvalue weighted by Crippen LogP contribution is 2.39. The van der Waals surface area contributed by atoms with E-state index in [1.165, 1.54) is 6.42 Å². The fourth-order valence-electron chi connectivity index (χ4n) is 2.19. The van der Waals surface area contributed by atoms with Crippen LogP contribution in [0.4, 0.5) is 0 Å². The molecule has 0 bridgehead atoms. The monoisotopic (exact) mass is 198 g/mol. The van der Waals surface area contributed by atoms with Crippen molar-refractivity contribution in [3.63, 3.8) is 0 Å². The Balaban J connectivity index is 2.08. The standard InChI is InChI=1S/C10H14O4/c11-6-8-9(7-12)14-10(13-8)4-2-1-3-5-10/h6-9H,1-5H2. The maximum absolute atomic E-state index is 10.6. The van der Waals surface area contributed by atoms with E-state index in [1.54, 1.807) is 0 Å². The van der Waals surface area contributed by atoms with E-state index in [-0.39, 0.29) is 0 Å². The van der Waals surface area contributed by atoms with Gasteiger partial charge in [0.1, 0.15) is 12.2 Å². The van der Waals surface area contributed by atoms with Crippen molar-refractivity contribution in [1.82, 2.24) is 0 Å². The lowest BCUT2D eigenvalue weighted by atomic mass is 9.94. The van der Waals surface area contributed by atoms with Crippen molar-refractivity contribution in [2.24, 2.45) is 0 Å². The highest BCUT2D eigenvalue weighted by atomic mass is 16.8. The number of carbonyl (C=O) groups is 2. The molecule has 1 aliphatic carbocycles. The van der Waals surface area contributed by atoms with Crippen LogP contribution in [0.5, 0.6) is 0 Å². The van der Waals surface area contributed by atoms with Crippen molar-refractivity contribution >= 4 is 12.6 Å². The summed E-state index contributed by atoms with van der Waals surface area (Å²) in [6.45, 7) is 0. The average molecular weight is 198 g/mol. The molecule has 2 aliphatic rings. The lowest BCUT2D eigenvalue weighted by Crippen LogP contribution is -2.33. The van der Waals surface area contributed by atoms with E-state index >= 15 is 0 Å². The van der Waals surface area contributed by atoms with Gasteiger partial charge in [0.05, 0.1) is 0 Å². The molecule has 1 saturated carbocycles. The van der Waals surface area contributed by atoms with Crippen LogP contribution in [0.3, 0.4) is 0 Å². The van der Waals surface area contributed by atoms with E-state index < -0.39 is 18.0 Å². The lowest BCUT2D eigenvalue weighted by Gasteiger charge is -2.31. The minimum Gasteiger partial charge on any atom is -0.336 e. The molecule has 0 aromatic rings. The molecule has 0 N–H and O–H groups in total. The van der Waals surface area contributed by atoms with Crippen LogP contribution in [-0.2, 0) is 19.1 Å². The summed E-state index contributed by atoms with van der Waals surface area (Å²) in [7, 11) is 0. The van der Waals surface area contributed by atoms with Crippen LogP contribution in [-0.4, -0.2) is 30.6 Å². The van der Waals surface area contributed by atoms with Crippen molar-refractivity contribution < 1.29 is 19.1 Å². The summed E-state index contributed by atoms with van der Waals surface area (Å²) in [5.74, 6) is -0.643. The van der Waals surface area contributed by atoms with Crippen LogP contribution in [0, 0.1) is 0 Å². The SMILES string of the molecule is O=CC1OC2(CCCCC2)OC1C=O. The second-order valence-electron chi connectivity index (χ2n) is 3.91.